The van der Waals surface area contributed by atoms with Crippen molar-refractivity contribution in [2.24, 2.45) is 0 Å². The Morgan fingerprint density at radius 2 is 1.89 bits per heavy atom. The quantitative estimate of drug-likeness (QED) is 0.659. The minimum Gasteiger partial charge on any atom is -0.508 e. The second kappa shape index (κ2) is 5.19. The number of phenols is 1. The molecule has 0 atom stereocenters. The van der Waals surface area contributed by atoms with Crippen LogP contribution in [0.3, 0.4) is 0 Å². The van der Waals surface area contributed by atoms with Crippen molar-refractivity contribution in [3.8, 4) is 11.5 Å². The van der Waals surface area contributed by atoms with E-state index in [2.05, 4.69) is 6.58 Å². The lowest BCUT2D eigenvalue weighted by molar-refractivity contribution is 0.103. The fourth-order valence-electron chi connectivity index (χ4n) is 1.63. The summed E-state index contributed by atoms with van der Waals surface area (Å²) in [6.07, 6.45) is 1.22. The molecule has 0 bridgehead atoms. The molecule has 2 aromatic rings. The fraction of sp³-hybridized carbons (Fsp3) is 0. The summed E-state index contributed by atoms with van der Waals surface area (Å²) in [5.41, 5.74) is 0.955. The van der Waals surface area contributed by atoms with Crippen LogP contribution in [0.2, 0.25) is 0 Å². The van der Waals surface area contributed by atoms with Gasteiger partial charge < -0.3 is 9.84 Å². The molecule has 2 aromatic carbocycles. The molecule has 2 rings (SSSR count). The molecule has 0 spiro atoms. The molecule has 1 N–H and O–H groups in total. The smallest absolute Gasteiger partial charge is 0.196 e. The van der Waals surface area contributed by atoms with Crippen LogP contribution in [0.4, 0.5) is 0 Å². The molecule has 0 unspecified atom stereocenters. The number of aromatic hydroxyl groups is 1. The number of rotatable bonds is 4. The van der Waals surface area contributed by atoms with Crippen molar-refractivity contribution >= 4 is 5.78 Å². The number of ketones is 1. The van der Waals surface area contributed by atoms with Crippen molar-refractivity contribution < 1.29 is 14.6 Å². The first-order chi connectivity index (χ1) is 8.72. The average molecular weight is 240 g/mol. The van der Waals surface area contributed by atoms with E-state index in [4.69, 9.17) is 4.74 Å². The summed E-state index contributed by atoms with van der Waals surface area (Å²) in [6, 6.07) is 13.3. The number of phenolic OH excluding ortho intramolecular Hbond substituents is 1. The van der Waals surface area contributed by atoms with Crippen LogP contribution in [0.25, 0.3) is 0 Å². The van der Waals surface area contributed by atoms with Crippen molar-refractivity contribution in [2.45, 2.75) is 0 Å². The molecule has 3 nitrogen and oxygen atoms in total. The van der Waals surface area contributed by atoms with E-state index in [0.717, 1.165) is 0 Å². The Hall–Kier alpha value is -2.55. The average Bonchev–Trinajstić information content (AvgIpc) is 2.40. The maximum Gasteiger partial charge on any atom is 0.196 e. The highest BCUT2D eigenvalue weighted by Crippen LogP contribution is 2.26. The van der Waals surface area contributed by atoms with Crippen LogP contribution in [0.15, 0.2) is 61.4 Å². The Kier molecular flexibility index (Phi) is 3.44. The summed E-state index contributed by atoms with van der Waals surface area (Å²) in [5, 5.41) is 9.39. The second-order valence-corrected chi connectivity index (χ2v) is 3.66. The SMILES string of the molecule is C=COc1cc(O)ccc1C(=O)c1ccccc1. The molecule has 18 heavy (non-hydrogen) atoms. The zero-order chi connectivity index (χ0) is 13.0. The molecule has 0 fully saturated rings. The molecule has 0 saturated heterocycles. The highest BCUT2D eigenvalue weighted by atomic mass is 16.5. The Morgan fingerprint density at radius 3 is 2.56 bits per heavy atom. The summed E-state index contributed by atoms with van der Waals surface area (Å²) in [5.74, 6) is 0.169. The van der Waals surface area contributed by atoms with E-state index in [1.54, 1.807) is 24.3 Å². The standard InChI is InChI=1S/C15H12O3/c1-2-18-14-10-12(16)8-9-13(14)15(17)11-6-4-3-5-7-11/h2-10,16H,1H2. The van der Waals surface area contributed by atoms with E-state index in [9.17, 15) is 9.90 Å². The molecule has 0 aliphatic rings. The van der Waals surface area contributed by atoms with Crippen molar-refractivity contribution in [1.82, 2.24) is 0 Å². The molecule has 0 amide bonds. The molecule has 0 radical (unpaired) electrons. The Morgan fingerprint density at radius 1 is 1.17 bits per heavy atom. The second-order valence-electron chi connectivity index (χ2n) is 3.66. The summed E-state index contributed by atoms with van der Waals surface area (Å²) < 4.78 is 5.14. The summed E-state index contributed by atoms with van der Waals surface area (Å²) in [6.45, 7) is 3.44. The zero-order valence-electron chi connectivity index (χ0n) is 9.67. The normalized spacial score (nSPS) is 9.78. The van der Waals surface area contributed by atoms with E-state index in [1.165, 1.54) is 24.5 Å². The Labute approximate surface area is 105 Å². The van der Waals surface area contributed by atoms with E-state index in [0.29, 0.717) is 16.9 Å². The molecule has 90 valence electrons. The maximum atomic E-state index is 12.3. The number of benzene rings is 2. The molecule has 0 aromatic heterocycles. The number of hydrogen-bond acceptors (Lipinski definition) is 3. The molecule has 0 heterocycles. The van der Waals surface area contributed by atoms with E-state index in [-0.39, 0.29) is 11.5 Å². The van der Waals surface area contributed by atoms with Crippen molar-refractivity contribution in [3.05, 3.63) is 72.5 Å². The van der Waals surface area contributed by atoms with Crippen LogP contribution < -0.4 is 4.74 Å². The van der Waals surface area contributed by atoms with Crippen LogP contribution in [-0.4, -0.2) is 10.9 Å². The molecule has 3 heteroatoms. The van der Waals surface area contributed by atoms with Gasteiger partial charge in [-0.15, -0.1) is 0 Å². The topological polar surface area (TPSA) is 46.5 Å². The predicted molar refractivity (Wildman–Crippen MR) is 68.8 cm³/mol. The van der Waals surface area contributed by atoms with Crippen LogP contribution in [0.1, 0.15) is 15.9 Å². The number of ether oxygens (including phenoxy) is 1. The van der Waals surface area contributed by atoms with Crippen molar-refractivity contribution in [3.63, 3.8) is 0 Å². The monoisotopic (exact) mass is 240 g/mol. The van der Waals surface area contributed by atoms with Gasteiger partial charge in [0, 0.05) is 11.6 Å². The molecule has 0 saturated carbocycles. The largest absolute Gasteiger partial charge is 0.508 e. The minimum atomic E-state index is -0.160. The lowest BCUT2D eigenvalue weighted by Crippen LogP contribution is -2.03. The van der Waals surface area contributed by atoms with E-state index in [1.807, 2.05) is 6.07 Å². The van der Waals surface area contributed by atoms with Crippen LogP contribution in [0.5, 0.6) is 11.5 Å². The van der Waals surface area contributed by atoms with Gasteiger partial charge >= 0.3 is 0 Å². The predicted octanol–water partition coefficient (Wildman–Crippen LogP) is 3.15. The van der Waals surface area contributed by atoms with Gasteiger partial charge in [-0.05, 0) is 12.1 Å². The molecular weight excluding hydrogens is 228 g/mol. The highest BCUT2D eigenvalue weighted by Gasteiger charge is 2.14. The first kappa shape index (κ1) is 11.9. The number of carbonyl (C=O) groups excluding carboxylic acids is 1. The van der Waals surface area contributed by atoms with Crippen LogP contribution >= 0.6 is 0 Å². The molecular formula is C15H12O3. The third-order valence-electron chi connectivity index (χ3n) is 2.46. The van der Waals surface area contributed by atoms with Gasteiger partial charge in [0.25, 0.3) is 0 Å². The number of carbonyl (C=O) groups is 1. The Bertz CT molecular complexity index is 574. The minimum absolute atomic E-state index is 0.0384. The van der Waals surface area contributed by atoms with Gasteiger partial charge in [-0.3, -0.25) is 4.79 Å². The van der Waals surface area contributed by atoms with E-state index < -0.39 is 0 Å². The van der Waals surface area contributed by atoms with Gasteiger partial charge in [0.05, 0.1) is 11.8 Å². The highest BCUT2D eigenvalue weighted by molar-refractivity contribution is 6.10. The van der Waals surface area contributed by atoms with Crippen LogP contribution in [0, 0.1) is 0 Å². The first-order valence-corrected chi connectivity index (χ1v) is 5.42. The van der Waals surface area contributed by atoms with Gasteiger partial charge in [-0.2, -0.15) is 0 Å². The third kappa shape index (κ3) is 2.40. The lowest BCUT2D eigenvalue weighted by Gasteiger charge is -2.08. The van der Waals surface area contributed by atoms with E-state index >= 15 is 0 Å². The fourth-order valence-corrected chi connectivity index (χ4v) is 1.63. The van der Waals surface area contributed by atoms with Crippen molar-refractivity contribution in [2.75, 3.05) is 0 Å². The molecule has 0 aliphatic heterocycles. The van der Waals surface area contributed by atoms with Crippen molar-refractivity contribution in [1.29, 1.82) is 0 Å². The van der Waals surface area contributed by atoms with Gasteiger partial charge in [0.2, 0.25) is 0 Å². The van der Waals surface area contributed by atoms with Gasteiger partial charge in [-0.1, -0.05) is 36.9 Å². The molecule has 0 aliphatic carbocycles. The summed E-state index contributed by atoms with van der Waals surface area (Å²) >= 11 is 0. The van der Waals surface area contributed by atoms with Crippen LogP contribution in [-0.2, 0) is 0 Å². The zero-order valence-corrected chi connectivity index (χ0v) is 9.67. The lowest BCUT2D eigenvalue weighted by atomic mass is 10.0. The third-order valence-corrected chi connectivity index (χ3v) is 2.46. The maximum absolute atomic E-state index is 12.3. The first-order valence-electron chi connectivity index (χ1n) is 5.42. The number of hydrogen-bond donors (Lipinski definition) is 1. The van der Waals surface area contributed by atoms with Gasteiger partial charge in [0.15, 0.2) is 5.78 Å². The van der Waals surface area contributed by atoms with Gasteiger partial charge in [0.1, 0.15) is 11.5 Å². The summed E-state index contributed by atoms with van der Waals surface area (Å²) in [7, 11) is 0. The Balaban J connectivity index is 2.44. The van der Waals surface area contributed by atoms with Gasteiger partial charge in [-0.25, -0.2) is 0 Å². The summed E-state index contributed by atoms with van der Waals surface area (Å²) in [4.78, 5) is 12.3.